The van der Waals surface area contributed by atoms with Crippen LogP contribution in [0.25, 0.3) is 0 Å². The SMILES string of the molecule is O=C(c1ccccc1F)N(Cc1ccccc1Cl)CC1CC(c2ccccc2Cl)=NO1. The van der Waals surface area contributed by atoms with Gasteiger partial charge in [0.2, 0.25) is 0 Å². The number of hydrogen-bond acceptors (Lipinski definition) is 3. The number of hydrogen-bond donors (Lipinski definition) is 0. The van der Waals surface area contributed by atoms with E-state index in [0.717, 1.165) is 11.1 Å². The van der Waals surface area contributed by atoms with Crippen molar-refractivity contribution < 1.29 is 14.0 Å². The van der Waals surface area contributed by atoms with Gasteiger partial charge < -0.3 is 9.74 Å². The van der Waals surface area contributed by atoms with E-state index in [1.54, 1.807) is 24.3 Å². The molecule has 0 radical (unpaired) electrons. The minimum atomic E-state index is -0.572. The van der Waals surface area contributed by atoms with Crippen molar-refractivity contribution in [1.29, 1.82) is 0 Å². The van der Waals surface area contributed by atoms with Crippen molar-refractivity contribution in [1.82, 2.24) is 4.90 Å². The first-order valence-corrected chi connectivity index (χ1v) is 10.5. The molecule has 1 aliphatic heterocycles. The van der Waals surface area contributed by atoms with Gasteiger partial charge in [-0.15, -0.1) is 0 Å². The van der Waals surface area contributed by atoms with Crippen molar-refractivity contribution in [2.75, 3.05) is 6.54 Å². The van der Waals surface area contributed by atoms with Crippen molar-refractivity contribution in [3.63, 3.8) is 0 Å². The van der Waals surface area contributed by atoms with Crippen molar-refractivity contribution in [3.8, 4) is 0 Å². The van der Waals surface area contributed by atoms with Gasteiger partial charge in [-0.2, -0.15) is 0 Å². The highest BCUT2D eigenvalue weighted by Crippen LogP contribution is 2.25. The Morgan fingerprint density at radius 3 is 2.42 bits per heavy atom. The Kier molecular flexibility index (Phi) is 6.54. The molecule has 3 aromatic rings. The Hall–Kier alpha value is -2.89. The molecule has 0 N–H and O–H groups in total. The third-order valence-electron chi connectivity index (χ3n) is 5.05. The first kappa shape index (κ1) is 21.3. The van der Waals surface area contributed by atoms with Crippen molar-refractivity contribution in [2.24, 2.45) is 5.16 Å². The van der Waals surface area contributed by atoms with E-state index >= 15 is 0 Å². The lowest BCUT2D eigenvalue weighted by Gasteiger charge is -2.25. The molecule has 1 aliphatic rings. The maximum atomic E-state index is 14.3. The topological polar surface area (TPSA) is 41.9 Å². The average Bonchev–Trinajstić information content (AvgIpc) is 3.23. The second-order valence-electron chi connectivity index (χ2n) is 7.21. The molecule has 0 aliphatic carbocycles. The largest absolute Gasteiger partial charge is 0.390 e. The van der Waals surface area contributed by atoms with Crippen LogP contribution in [-0.2, 0) is 11.4 Å². The standard InChI is InChI=1S/C24H19Cl2FN2O2/c25-20-10-4-1-7-16(20)14-29(24(30)19-9-3-6-12-22(19)27)15-17-13-23(28-31-17)18-8-2-5-11-21(18)26/h1-12,17H,13-15H2. The van der Waals surface area contributed by atoms with Crippen molar-refractivity contribution in [2.45, 2.75) is 19.1 Å². The van der Waals surface area contributed by atoms with E-state index in [1.165, 1.54) is 17.0 Å². The molecule has 31 heavy (non-hydrogen) atoms. The first-order valence-electron chi connectivity index (χ1n) is 9.77. The van der Waals surface area contributed by atoms with Crippen LogP contribution in [0.1, 0.15) is 27.9 Å². The van der Waals surface area contributed by atoms with Crippen LogP contribution in [0.3, 0.4) is 0 Å². The number of nitrogens with zero attached hydrogens (tertiary/aromatic N) is 2. The summed E-state index contributed by atoms with van der Waals surface area (Å²) in [7, 11) is 0. The second kappa shape index (κ2) is 9.50. The lowest BCUT2D eigenvalue weighted by atomic mass is 10.0. The van der Waals surface area contributed by atoms with Gasteiger partial charge in [0.15, 0.2) is 6.10 Å². The molecular weight excluding hydrogens is 438 g/mol. The van der Waals surface area contributed by atoms with Gasteiger partial charge in [-0.3, -0.25) is 4.79 Å². The van der Waals surface area contributed by atoms with E-state index in [1.807, 2.05) is 36.4 Å². The van der Waals surface area contributed by atoms with Crippen LogP contribution in [0, 0.1) is 5.82 Å². The molecular formula is C24H19Cl2FN2O2. The van der Waals surface area contributed by atoms with Crippen LogP contribution >= 0.6 is 23.2 Å². The Morgan fingerprint density at radius 2 is 1.68 bits per heavy atom. The van der Waals surface area contributed by atoms with E-state index in [9.17, 15) is 9.18 Å². The molecule has 4 rings (SSSR count). The van der Waals surface area contributed by atoms with E-state index in [4.69, 9.17) is 28.0 Å². The van der Waals surface area contributed by atoms with Crippen LogP contribution in [0.5, 0.6) is 0 Å². The number of amides is 1. The number of oxime groups is 1. The summed E-state index contributed by atoms with van der Waals surface area (Å²) >= 11 is 12.6. The summed E-state index contributed by atoms with van der Waals surface area (Å²) in [6.45, 7) is 0.434. The quantitative estimate of drug-likeness (QED) is 0.458. The predicted molar refractivity (Wildman–Crippen MR) is 120 cm³/mol. The first-order chi connectivity index (χ1) is 15.0. The van der Waals surface area contributed by atoms with Gasteiger partial charge in [0.1, 0.15) is 5.82 Å². The lowest BCUT2D eigenvalue weighted by molar-refractivity contribution is 0.0402. The maximum absolute atomic E-state index is 14.3. The summed E-state index contributed by atoms with van der Waals surface area (Å²) in [5, 5.41) is 5.29. The number of carbonyl (C=O) groups excluding carboxylic acids is 1. The minimum absolute atomic E-state index is 0.000189. The summed E-state index contributed by atoms with van der Waals surface area (Å²) in [6.07, 6.45) is 0.0947. The van der Waals surface area contributed by atoms with Gasteiger partial charge in [-0.05, 0) is 29.8 Å². The summed E-state index contributed by atoms with van der Waals surface area (Å²) in [4.78, 5) is 20.3. The van der Waals surface area contributed by atoms with Gasteiger partial charge in [0.05, 0.1) is 17.8 Å². The van der Waals surface area contributed by atoms with Crippen LogP contribution < -0.4 is 0 Å². The summed E-state index contributed by atoms with van der Waals surface area (Å²) in [5.74, 6) is -1.01. The number of rotatable bonds is 6. The smallest absolute Gasteiger partial charge is 0.257 e. The van der Waals surface area contributed by atoms with Crippen molar-refractivity contribution >= 4 is 34.8 Å². The molecule has 0 aromatic heterocycles. The molecule has 1 unspecified atom stereocenters. The molecule has 1 atom stereocenters. The highest BCUT2D eigenvalue weighted by atomic mass is 35.5. The summed E-state index contributed by atoms with van der Waals surface area (Å²) in [5.41, 5.74) is 2.27. The molecule has 1 heterocycles. The minimum Gasteiger partial charge on any atom is -0.390 e. The van der Waals surface area contributed by atoms with Crippen LogP contribution in [0.2, 0.25) is 10.0 Å². The van der Waals surface area contributed by atoms with Gasteiger partial charge >= 0.3 is 0 Å². The summed E-state index contributed by atoms with van der Waals surface area (Å²) < 4.78 is 14.3. The molecule has 7 heteroatoms. The molecule has 0 spiro atoms. The second-order valence-corrected chi connectivity index (χ2v) is 8.02. The van der Waals surface area contributed by atoms with E-state index < -0.39 is 11.7 Å². The summed E-state index contributed by atoms with van der Waals surface area (Å²) in [6, 6.07) is 20.6. The van der Waals surface area contributed by atoms with Crippen LogP contribution in [0.15, 0.2) is 78.0 Å². The normalized spacial score (nSPS) is 15.3. The van der Waals surface area contributed by atoms with Crippen LogP contribution in [-0.4, -0.2) is 29.2 Å². The Bertz CT molecular complexity index is 1140. The van der Waals surface area contributed by atoms with E-state index in [-0.39, 0.29) is 24.8 Å². The fraction of sp³-hybridized carbons (Fsp3) is 0.167. The molecule has 0 fully saturated rings. The molecule has 0 saturated heterocycles. The zero-order chi connectivity index (χ0) is 21.8. The average molecular weight is 457 g/mol. The molecule has 0 bridgehead atoms. The highest BCUT2D eigenvalue weighted by Gasteiger charge is 2.29. The zero-order valence-corrected chi connectivity index (χ0v) is 18.0. The third-order valence-corrected chi connectivity index (χ3v) is 5.75. The van der Waals surface area contributed by atoms with Gasteiger partial charge in [-0.1, -0.05) is 76.9 Å². The molecule has 3 aromatic carbocycles. The number of halogens is 3. The van der Waals surface area contributed by atoms with Gasteiger partial charge in [0.25, 0.3) is 5.91 Å². The predicted octanol–water partition coefficient (Wildman–Crippen LogP) is 5.97. The number of carbonyl (C=O) groups is 1. The molecule has 4 nitrogen and oxygen atoms in total. The lowest BCUT2D eigenvalue weighted by Crippen LogP contribution is -2.37. The monoisotopic (exact) mass is 456 g/mol. The zero-order valence-electron chi connectivity index (χ0n) is 16.5. The molecule has 0 saturated carbocycles. The Labute approximate surface area is 189 Å². The maximum Gasteiger partial charge on any atom is 0.257 e. The highest BCUT2D eigenvalue weighted by molar-refractivity contribution is 6.34. The van der Waals surface area contributed by atoms with Gasteiger partial charge in [0, 0.05) is 28.6 Å². The Morgan fingerprint density at radius 1 is 1.00 bits per heavy atom. The fourth-order valence-electron chi connectivity index (χ4n) is 3.48. The molecule has 158 valence electrons. The fourth-order valence-corrected chi connectivity index (χ4v) is 3.92. The van der Waals surface area contributed by atoms with Gasteiger partial charge in [-0.25, -0.2) is 4.39 Å². The molecule has 1 amide bonds. The Balaban J connectivity index is 1.55. The van der Waals surface area contributed by atoms with Crippen molar-refractivity contribution in [3.05, 3.63) is 105 Å². The van der Waals surface area contributed by atoms with E-state index in [2.05, 4.69) is 5.16 Å². The van der Waals surface area contributed by atoms with Crippen LogP contribution in [0.4, 0.5) is 4.39 Å². The van der Waals surface area contributed by atoms with E-state index in [0.29, 0.717) is 22.2 Å². The number of benzene rings is 3. The third kappa shape index (κ3) is 4.89.